The molecule has 0 aliphatic heterocycles. The van der Waals surface area contributed by atoms with Crippen LogP contribution < -0.4 is 10.6 Å². The van der Waals surface area contributed by atoms with Crippen molar-refractivity contribution >= 4 is 23.0 Å². The van der Waals surface area contributed by atoms with Crippen molar-refractivity contribution in [1.82, 2.24) is 4.98 Å². The molecule has 3 aromatic rings. The Morgan fingerprint density at radius 2 is 1.69 bits per heavy atom. The molecule has 128 valence electrons. The second-order valence-corrected chi connectivity index (χ2v) is 6.00. The maximum atomic E-state index is 12.6. The van der Waals surface area contributed by atoms with E-state index in [2.05, 4.69) is 21.7 Å². The predicted molar refractivity (Wildman–Crippen MR) is 103 cm³/mol. The Morgan fingerprint density at radius 1 is 1.00 bits per heavy atom. The van der Waals surface area contributed by atoms with Crippen molar-refractivity contribution in [3.8, 4) is 6.07 Å². The van der Waals surface area contributed by atoms with E-state index in [4.69, 9.17) is 5.26 Å². The number of nitriles is 1. The van der Waals surface area contributed by atoms with Crippen molar-refractivity contribution in [2.45, 2.75) is 13.8 Å². The Kier molecular flexibility index (Phi) is 4.95. The van der Waals surface area contributed by atoms with E-state index in [9.17, 15) is 4.79 Å². The molecule has 0 spiro atoms. The van der Waals surface area contributed by atoms with Crippen LogP contribution in [0.1, 0.15) is 27.0 Å². The summed E-state index contributed by atoms with van der Waals surface area (Å²) in [5.74, 6) is -0.210. The minimum Gasteiger partial charge on any atom is -0.354 e. The van der Waals surface area contributed by atoms with Gasteiger partial charge in [0.05, 0.1) is 29.1 Å². The molecule has 3 rings (SSSR count). The first-order valence-corrected chi connectivity index (χ1v) is 8.16. The van der Waals surface area contributed by atoms with Gasteiger partial charge >= 0.3 is 0 Å². The lowest BCUT2D eigenvalue weighted by molar-refractivity contribution is 0.102. The number of nitrogens with zero attached hydrogens (tertiary/aromatic N) is 2. The van der Waals surface area contributed by atoms with Gasteiger partial charge in [-0.25, -0.2) is 0 Å². The third kappa shape index (κ3) is 3.87. The number of benzene rings is 2. The molecule has 0 radical (unpaired) electrons. The van der Waals surface area contributed by atoms with Gasteiger partial charge in [0.25, 0.3) is 5.91 Å². The van der Waals surface area contributed by atoms with Crippen molar-refractivity contribution in [1.29, 1.82) is 5.26 Å². The normalized spacial score (nSPS) is 10.0. The van der Waals surface area contributed by atoms with Gasteiger partial charge in [-0.1, -0.05) is 18.2 Å². The highest BCUT2D eigenvalue weighted by Crippen LogP contribution is 2.21. The van der Waals surface area contributed by atoms with Crippen LogP contribution in [0.4, 0.5) is 17.1 Å². The number of carbonyl (C=O) groups excluding carboxylic acids is 1. The number of pyridine rings is 1. The Morgan fingerprint density at radius 3 is 2.35 bits per heavy atom. The Balaban J connectivity index is 1.78. The molecule has 5 nitrogen and oxygen atoms in total. The molecule has 5 heteroatoms. The van der Waals surface area contributed by atoms with Crippen LogP contribution in [0.25, 0.3) is 0 Å². The number of rotatable bonds is 4. The second kappa shape index (κ2) is 7.49. The SMILES string of the molecule is Cc1cccc(C)c1NC(=O)c1cncc(Nc2ccc(C#N)cc2)c1. The highest BCUT2D eigenvalue weighted by Gasteiger charge is 2.11. The number of aryl methyl sites for hydroxylation is 2. The van der Waals surface area contributed by atoms with E-state index < -0.39 is 0 Å². The van der Waals surface area contributed by atoms with Crippen molar-refractivity contribution in [3.05, 3.63) is 83.2 Å². The summed E-state index contributed by atoms with van der Waals surface area (Å²) in [5, 5.41) is 15.0. The topological polar surface area (TPSA) is 77.8 Å². The molecule has 0 saturated heterocycles. The van der Waals surface area contributed by atoms with Gasteiger partial charge in [-0.2, -0.15) is 5.26 Å². The highest BCUT2D eigenvalue weighted by atomic mass is 16.1. The lowest BCUT2D eigenvalue weighted by Crippen LogP contribution is -2.14. The quantitative estimate of drug-likeness (QED) is 0.728. The molecule has 2 aromatic carbocycles. The molecule has 0 atom stereocenters. The van der Waals surface area contributed by atoms with Crippen LogP contribution in [0.2, 0.25) is 0 Å². The molecule has 0 aliphatic carbocycles. The van der Waals surface area contributed by atoms with Gasteiger partial charge < -0.3 is 10.6 Å². The molecule has 0 saturated carbocycles. The number of aromatic nitrogens is 1. The number of hydrogen-bond acceptors (Lipinski definition) is 4. The molecule has 1 heterocycles. The van der Waals surface area contributed by atoms with Gasteiger partial charge in [0.2, 0.25) is 0 Å². The van der Waals surface area contributed by atoms with E-state index in [-0.39, 0.29) is 5.91 Å². The summed E-state index contributed by atoms with van der Waals surface area (Å²) in [6, 6.07) is 16.8. The number of hydrogen-bond donors (Lipinski definition) is 2. The Labute approximate surface area is 152 Å². The summed E-state index contributed by atoms with van der Waals surface area (Å²) in [6.45, 7) is 3.92. The minimum absolute atomic E-state index is 0.210. The maximum Gasteiger partial charge on any atom is 0.257 e. The van der Waals surface area contributed by atoms with Gasteiger partial charge in [-0.15, -0.1) is 0 Å². The molecular formula is C21H18N4O. The molecule has 0 unspecified atom stereocenters. The van der Waals surface area contributed by atoms with Gasteiger partial charge in [-0.3, -0.25) is 9.78 Å². The first-order chi connectivity index (χ1) is 12.6. The van der Waals surface area contributed by atoms with Crippen LogP contribution in [0.5, 0.6) is 0 Å². The number of para-hydroxylation sites is 1. The lowest BCUT2D eigenvalue weighted by Gasteiger charge is -2.12. The zero-order chi connectivity index (χ0) is 18.5. The van der Waals surface area contributed by atoms with Gasteiger partial charge in [0, 0.05) is 17.6 Å². The summed E-state index contributed by atoms with van der Waals surface area (Å²) >= 11 is 0. The molecule has 26 heavy (non-hydrogen) atoms. The minimum atomic E-state index is -0.210. The smallest absolute Gasteiger partial charge is 0.257 e. The molecule has 0 aliphatic rings. The summed E-state index contributed by atoms with van der Waals surface area (Å²) in [4.78, 5) is 16.7. The fourth-order valence-corrected chi connectivity index (χ4v) is 2.62. The molecular weight excluding hydrogens is 324 g/mol. The van der Waals surface area contributed by atoms with E-state index in [0.29, 0.717) is 16.8 Å². The fourth-order valence-electron chi connectivity index (χ4n) is 2.62. The molecule has 1 amide bonds. The summed E-state index contributed by atoms with van der Waals surface area (Å²) in [7, 11) is 0. The van der Waals surface area contributed by atoms with Gasteiger partial charge in [0.1, 0.15) is 0 Å². The number of anilines is 3. The fraction of sp³-hybridized carbons (Fsp3) is 0.0952. The zero-order valence-electron chi connectivity index (χ0n) is 14.6. The van der Waals surface area contributed by atoms with Crippen molar-refractivity contribution in [2.24, 2.45) is 0 Å². The number of carbonyl (C=O) groups is 1. The standard InChI is InChI=1S/C21H18N4O/c1-14-4-3-5-15(2)20(14)25-21(26)17-10-19(13-23-12-17)24-18-8-6-16(11-22)7-9-18/h3-10,12-13,24H,1-2H3,(H,25,26). The van der Waals surface area contributed by atoms with Crippen molar-refractivity contribution < 1.29 is 4.79 Å². The summed E-state index contributed by atoms with van der Waals surface area (Å²) < 4.78 is 0. The Bertz CT molecular complexity index is 967. The molecule has 0 bridgehead atoms. The Hall–Kier alpha value is -3.65. The number of nitrogens with one attached hydrogen (secondary N) is 2. The van der Waals surface area contributed by atoms with Crippen molar-refractivity contribution in [3.63, 3.8) is 0 Å². The monoisotopic (exact) mass is 342 g/mol. The third-order valence-electron chi connectivity index (χ3n) is 4.02. The van der Waals surface area contributed by atoms with Crippen LogP contribution in [0.3, 0.4) is 0 Å². The number of amides is 1. The van der Waals surface area contributed by atoms with E-state index in [1.54, 1.807) is 24.4 Å². The highest BCUT2D eigenvalue weighted by molar-refractivity contribution is 6.05. The lowest BCUT2D eigenvalue weighted by atomic mass is 10.1. The first-order valence-electron chi connectivity index (χ1n) is 8.16. The van der Waals surface area contributed by atoms with E-state index in [1.807, 2.05) is 44.2 Å². The summed E-state index contributed by atoms with van der Waals surface area (Å²) in [6.07, 6.45) is 3.18. The van der Waals surface area contributed by atoms with Gasteiger partial charge in [0.15, 0.2) is 0 Å². The van der Waals surface area contributed by atoms with Crippen LogP contribution in [-0.2, 0) is 0 Å². The van der Waals surface area contributed by atoms with E-state index in [1.165, 1.54) is 6.20 Å². The second-order valence-electron chi connectivity index (χ2n) is 6.00. The average molecular weight is 342 g/mol. The first kappa shape index (κ1) is 17.2. The maximum absolute atomic E-state index is 12.6. The van der Waals surface area contributed by atoms with Gasteiger partial charge in [-0.05, 0) is 55.3 Å². The molecule has 1 aromatic heterocycles. The average Bonchev–Trinajstić information content (AvgIpc) is 2.65. The van der Waals surface area contributed by atoms with Crippen LogP contribution in [0, 0.1) is 25.2 Å². The largest absolute Gasteiger partial charge is 0.354 e. The van der Waals surface area contributed by atoms with Crippen molar-refractivity contribution in [2.75, 3.05) is 10.6 Å². The molecule has 2 N–H and O–H groups in total. The molecule has 0 fully saturated rings. The predicted octanol–water partition coefficient (Wildman–Crippen LogP) is 4.57. The zero-order valence-corrected chi connectivity index (χ0v) is 14.6. The van der Waals surface area contributed by atoms with E-state index >= 15 is 0 Å². The summed E-state index contributed by atoms with van der Waals surface area (Å²) in [5.41, 5.74) is 5.42. The van der Waals surface area contributed by atoms with E-state index in [0.717, 1.165) is 22.5 Å². The van der Waals surface area contributed by atoms with Crippen LogP contribution >= 0.6 is 0 Å². The third-order valence-corrected chi connectivity index (χ3v) is 4.02. The van der Waals surface area contributed by atoms with Crippen LogP contribution in [0.15, 0.2) is 60.9 Å². The van der Waals surface area contributed by atoms with Crippen LogP contribution in [-0.4, -0.2) is 10.9 Å².